The van der Waals surface area contributed by atoms with Gasteiger partial charge in [0.15, 0.2) is 0 Å². The van der Waals surface area contributed by atoms with E-state index < -0.39 is 17.2 Å². The predicted octanol–water partition coefficient (Wildman–Crippen LogP) is 3.46. The quantitative estimate of drug-likeness (QED) is 0.323. The molecular weight excluding hydrogens is 551 g/mol. The number of amides is 1. The minimum atomic E-state index is -1.32. The summed E-state index contributed by atoms with van der Waals surface area (Å²) in [5.41, 5.74) is 0.730. The molecule has 6 rings (SSSR count). The number of carbonyl (C=O) groups is 2. The summed E-state index contributed by atoms with van der Waals surface area (Å²) < 4.78 is 22.2. The van der Waals surface area contributed by atoms with E-state index in [9.17, 15) is 19.5 Å². The molecule has 2 fully saturated rings. The molecule has 13 heteroatoms. The van der Waals surface area contributed by atoms with E-state index >= 15 is 4.39 Å². The van der Waals surface area contributed by atoms with E-state index in [-0.39, 0.29) is 29.4 Å². The molecule has 1 aliphatic carbocycles. The second-order valence-corrected chi connectivity index (χ2v) is 11.1. The van der Waals surface area contributed by atoms with Crippen LogP contribution in [0.3, 0.4) is 0 Å². The number of carboxylic acids is 1. The molecule has 0 atom stereocenters. The number of nitrogens with zero attached hydrogens (tertiary/aromatic N) is 5. The molecular formula is C28H27FN6O5S. The number of aromatic nitrogens is 3. The van der Waals surface area contributed by atoms with Crippen molar-refractivity contribution in [2.24, 2.45) is 0 Å². The van der Waals surface area contributed by atoms with Gasteiger partial charge in [-0.1, -0.05) is 11.3 Å². The third kappa shape index (κ3) is 5.50. The summed E-state index contributed by atoms with van der Waals surface area (Å²) in [6, 6.07) is 10.3. The number of methoxy groups -OCH3 is 1. The van der Waals surface area contributed by atoms with Crippen molar-refractivity contribution >= 4 is 44.9 Å². The molecule has 41 heavy (non-hydrogen) atoms. The van der Waals surface area contributed by atoms with Crippen LogP contribution in [-0.2, 0) is 4.79 Å². The van der Waals surface area contributed by atoms with Gasteiger partial charge in [-0.05, 0) is 49.2 Å². The normalized spacial score (nSPS) is 15.7. The lowest BCUT2D eigenvalue weighted by atomic mass is 10.1. The number of carbonyl (C=O) groups excluding carboxylic acids is 1. The number of anilines is 2. The van der Waals surface area contributed by atoms with Gasteiger partial charge in [0.1, 0.15) is 22.1 Å². The monoisotopic (exact) mass is 578 g/mol. The predicted molar refractivity (Wildman–Crippen MR) is 153 cm³/mol. The van der Waals surface area contributed by atoms with Gasteiger partial charge in [0.25, 0.3) is 0 Å². The summed E-state index contributed by atoms with van der Waals surface area (Å²) in [6.07, 6.45) is 3.13. The van der Waals surface area contributed by atoms with Crippen LogP contribution in [-0.4, -0.2) is 76.5 Å². The van der Waals surface area contributed by atoms with Gasteiger partial charge in [0.2, 0.25) is 16.5 Å². The molecule has 2 aromatic carbocycles. The van der Waals surface area contributed by atoms with Crippen molar-refractivity contribution in [3.8, 4) is 16.3 Å². The van der Waals surface area contributed by atoms with Gasteiger partial charge in [-0.3, -0.25) is 19.8 Å². The molecule has 3 heterocycles. The lowest BCUT2D eigenvalue weighted by Crippen LogP contribution is -2.49. The van der Waals surface area contributed by atoms with Gasteiger partial charge in [-0.2, -0.15) is 0 Å². The average Bonchev–Trinajstić information content (AvgIpc) is 3.71. The maximum Gasteiger partial charge on any atom is 0.341 e. The summed E-state index contributed by atoms with van der Waals surface area (Å²) in [7, 11) is 1.60. The van der Waals surface area contributed by atoms with E-state index in [0.29, 0.717) is 47.5 Å². The molecule has 2 aliphatic rings. The third-order valence-electron chi connectivity index (χ3n) is 7.36. The summed E-state index contributed by atoms with van der Waals surface area (Å²) in [5, 5.41) is 21.7. The van der Waals surface area contributed by atoms with E-state index in [2.05, 4.69) is 15.5 Å². The van der Waals surface area contributed by atoms with E-state index in [1.165, 1.54) is 17.5 Å². The highest BCUT2D eigenvalue weighted by atomic mass is 32.1. The van der Waals surface area contributed by atoms with Crippen molar-refractivity contribution < 1.29 is 23.8 Å². The van der Waals surface area contributed by atoms with Gasteiger partial charge in [0, 0.05) is 49.4 Å². The molecule has 0 radical (unpaired) electrons. The molecule has 1 amide bonds. The van der Waals surface area contributed by atoms with Crippen LogP contribution < -0.4 is 20.4 Å². The fraction of sp³-hybridized carbons (Fsp3) is 0.321. The topological polar surface area (TPSA) is 130 Å². The molecule has 1 saturated carbocycles. The Morgan fingerprint density at radius 3 is 2.51 bits per heavy atom. The second-order valence-electron chi connectivity index (χ2n) is 10.1. The molecule has 0 bridgehead atoms. The molecule has 0 spiro atoms. The molecule has 212 valence electrons. The number of pyridine rings is 1. The number of ether oxygens (including phenoxy) is 1. The first-order chi connectivity index (χ1) is 19.8. The highest BCUT2D eigenvalue weighted by molar-refractivity contribution is 7.18. The summed E-state index contributed by atoms with van der Waals surface area (Å²) in [6.45, 7) is 2.19. The summed E-state index contributed by atoms with van der Waals surface area (Å²) in [5.74, 6) is -1.37. The zero-order chi connectivity index (χ0) is 28.7. The lowest BCUT2D eigenvalue weighted by Gasteiger charge is -2.36. The SMILES string of the molecule is COc1ccc(-c2nnc(NC(=O)CN3CCN(c4cc5c(cc4F)c(=O)c(C(=O)O)cn5C4CC4)CC3)s2)cc1. The molecule has 1 aliphatic heterocycles. The molecule has 2 aromatic heterocycles. The second kappa shape index (κ2) is 10.9. The van der Waals surface area contributed by atoms with Crippen molar-refractivity contribution in [3.05, 3.63) is 64.2 Å². The Bertz CT molecular complexity index is 1690. The first kappa shape index (κ1) is 26.8. The number of halogens is 1. The van der Waals surface area contributed by atoms with E-state index in [1.54, 1.807) is 17.7 Å². The lowest BCUT2D eigenvalue weighted by molar-refractivity contribution is -0.117. The van der Waals surface area contributed by atoms with Crippen LogP contribution in [0.25, 0.3) is 21.5 Å². The Morgan fingerprint density at radius 2 is 1.85 bits per heavy atom. The molecule has 1 saturated heterocycles. The number of piperazine rings is 1. The fourth-order valence-corrected chi connectivity index (χ4v) is 5.81. The first-order valence-corrected chi connectivity index (χ1v) is 14.0. The van der Waals surface area contributed by atoms with Crippen LogP contribution >= 0.6 is 11.3 Å². The Balaban J connectivity index is 1.10. The zero-order valence-electron chi connectivity index (χ0n) is 22.2. The number of hydrogen-bond acceptors (Lipinski definition) is 9. The summed E-state index contributed by atoms with van der Waals surface area (Å²) in [4.78, 5) is 40.9. The van der Waals surface area contributed by atoms with Gasteiger partial charge < -0.3 is 19.3 Å². The Morgan fingerprint density at radius 1 is 1.12 bits per heavy atom. The molecule has 0 unspecified atom stereocenters. The number of fused-ring (bicyclic) bond motifs is 1. The van der Waals surface area contributed by atoms with Crippen molar-refractivity contribution in [3.63, 3.8) is 0 Å². The van der Waals surface area contributed by atoms with Gasteiger partial charge >= 0.3 is 5.97 Å². The summed E-state index contributed by atoms with van der Waals surface area (Å²) >= 11 is 1.28. The Labute approximate surface area is 237 Å². The average molecular weight is 579 g/mol. The number of hydrogen-bond donors (Lipinski definition) is 2. The number of carboxylic acid groups (broad SMARTS) is 1. The maximum absolute atomic E-state index is 15.2. The van der Waals surface area contributed by atoms with Crippen LogP contribution in [0.2, 0.25) is 0 Å². The Hall–Kier alpha value is -4.36. The number of aromatic carboxylic acids is 1. The standard InChI is InChI=1S/C28H27FN6O5S/c1-40-18-6-2-16(3-7-18)26-31-32-28(41-26)30-24(36)15-33-8-10-34(11-9-33)23-13-22-19(12-21(23)29)25(37)20(27(38)39)14-35(22)17-4-5-17/h2-3,6-7,12-14,17H,4-5,8-11,15H2,1H3,(H,38,39)(H,30,32,36). The minimum Gasteiger partial charge on any atom is -0.497 e. The minimum absolute atomic E-state index is 0.0696. The van der Waals surface area contributed by atoms with Crippen LogP contribution in [0, 0.1) is 5.82 Å². The van der Waals surface area contributed by atoms with Crippen molar-refractivity contribution in [1.29, 1.82) is 0 Å². The largest absolute Gasteiger partial charge is 0.497 e. The fourth-order valence-electron chi connectivity index (χ4n) is 5.04. The number of nitrogens with one attached hydrogen (secondary N) is 1. The molecule has 4 aromatic rings. The number of rotatable bonds is 8. The van der Waals surface area contributed by atoms with Gasteiger partial charge in [-0.25, -0.2) is 9.18 Å². The highest BCUT2D eigenvalue weighted by Gasteiger charge is 2.29. The molecule has 11 nitrogen and oxygen atoms in total. The van der Waals surface area contributed by atoms with Crippen molar-refractivity contribution in [1.82, 2.24) is 19.7 Å². The zero-order valence-corrected chi connectivity index (χ0v) is 23.0. The Kier molecular flexibility index (Phi) is 7.14. The van der Waals surface area contributed by atoms with Gasteiger partial charge in [-0.15, -0.1) is 10.2 Å². The smallest absolute Gasteiger partial charge is 0.341 e. The third-order valence-corrected chi connectivity index (χ3v) is 8.25. The molecule has 2 N–H and O–H groups in total. The van der Waals surface area contributed by atoms with Crippen molar-refractivity contribution in [2.75, 3.05) is 50.1 Å². The van der Waals surface area contributed by atoms with E-state index in [1.807, 2.05) is 34.1 Å². The van der Waals surface area contributed by atoms with Crippen molar-refractivity contribution in [2.45, 2.75) is 18.9 Å². The van der Waals surface area contributed by atoms with Gasteiger partial charge in [0.05, 0.1) is 24.9 Å². The van der Waals surface area contributed by atoms with E-state index in [0.717, 1.165) is 30.2 Å². The van der Waals surface area contributed by atoms with Crippen LogP contribution in [0.15, 0.2) is 47.4 Å². The van der Waals surface area contributed by atoms with Crippen LogP contribution in [0.1, 0.15) is 29.2 Å². The van der Waals surface area contributed by atoms with Crippen LogP contribution in [0.4, 0.5) is 15.2 Å². The highest BCUT2D eigenvalue weighted by Crippen LogP contribution is 2.38. The van der Waals surface area contributed by atoms with Crippen LogP contribution in [0.5, 0.6) is 5.75 Å². The van der Waals surface area contributed by atoms with E-state index in [4.69, 9.17) is 4.74 Å². The first-order valence-electron chi connectivity index (χ1n) is 13.2. The number of benzene rings is 2. The maximum atomic E-state index is 15.2.